The first-order valence-corrected chi connectivity index (χ1v) is 6.69. The van der Waals surface area contributed by atoms with Crippen LogP contribution < -0.4 is 5.11 Å². The van der Waals surface area contributed by atoms with Crippen LogP contribution in [0.2, 0.25) is 0 Å². The van der Waals surface area contributed by atoms with Crippen LogP contribution in [0.25, 0.3) is 5.70 Å². The summed E-state index contributed by atoms with van der Waals surface area (Å²) in [5, 5.41) is 11.2. The van der Waals surface area contributed by atoms with Crippen molar-refractivity contribution in [2.24, 2.45) is 0 Å². The van der Waals surface area contributed by atoms with Gasteiger partial charge in [0.1, 0.15) is 12.0 Å². The maximum atomic E-state index is 12.7. The van der Waals surface area contributed by atoms with Gasteiger partial charge in [0, 0.05) is 11.8 Å². The lowest BCUT2D eigenvalue weighted by atomic mass is 10.0. The second-order valence-electron chi connectivity index (χ2n) is 5.00. The van der Waals surface area contributed by atoms with Crippen LogP contribution >= 0.6 is 0 Å². The Labute approximate surface area is 128 Å². The molecule has 0 aliphatic carbocycles. The summed E-state index contributed by atoms with van der Waals surface area (Å²) in [5.41, 5.74) is 2.44. The Morgan fingerprint density at radius 2 is 1.82 bits per heavy atom. The number of hydrogen-bond donors (Lipinski definition) is 0. The van der Waals surface area contributed by atoms with Crippen LogP contribution in [-0.2, 0) is 9.53 Å². The molecule has 114 valence electrons. The monoisotopic (exact) mass is 298 g/mol. The zero-order valence-electron chi connectivity index (χ0n) is 12.6. The molecule has 0 radical (unpaired) electrons. The van der Waals surface area contributed by atoms with Crippen molar-refractivity contribution < 1.29 is 19.4 Å². The van der Waals surface area contributed by atoms with Crippen LogP contribution in [0.3, 0.4) is 0 Å². The Bertz CT molecular complexity index is 736. The molecule has 2 rings (SSSR count). The standard InChI is InChI=1S/C17H17NO4/c1-11-7-12(2)9-13(8-11)16(19)14-5-4-6-18(14)15(10-22-3)17(20)21/h4-10H,1-3H3,(H,20,21)/p-1/b15-10+. The molecule has 1 heterocycles. The summed E-state index contributed by atoms with van der Waals surface area (Å²) in [6, 6.07) is 8.67. The summed E-state index contributed by atoms with van der Waals surface area (Å²) in [4.78, 5) is 23.9. The normalized spacial score (nSPS) is 11.3. The molecule has 0 atom stereocenters. The molecule has 2 aromatic rings. The molecule has 0 N–H and O–H groups in total. The molecule has 0 saturated carbocycles. The fraction of sp³-hybridized carbons (Fsp3) is 0.176. The fourth-order valence-electron chi connectivity index (χ4n) is 2.34. The van der Waals surface area contributed by atoms with E-state index in [0.29, 0.717) is 5.56 Å². The van der Waals surface area contributed by atoms with Gasteiger partial charge in [-0.15, -0.1) is 0 Å². The first-order chi connectivity index (χ1) is 10.4. The van der Waals surface area contributed by atoms with E-state index in [4.69, 9.17) is 4.74 Å². The molecular formula is C17H16NO4-. The van der Waals surface area contributed by atoms with Crippen LogP contribution in [0.15, 0.2) is 42.8 Å². The van der Waals surface area contributed by atoms with Crippen LogP contribution in [0.1, 0.15) is 27.2 Å². The highest BCUT2D eigenvalue weighted by Gasteiger charge is 2.16. The molecule has 0 saturated heterocycles. The Balaban J connectivity index is 2.50. The Kier molecular flexibility index (Phi) is 4.46. The first-order valence-electron chi connectivity index (χ1n) is 6.69. The van der Waals surface area contributed by atoms with E-state index in [1.807, 2.05) is 19.9 Å². The van der Waals surface area contributed by atoms with Crippen LogP contribution in [0.4, 0.5) is 0 Å². The van der Waals surface area contributed by atoms with Crippen molar-refractivity contribution >= 4 is 17.4 Å². The molecule has 1 aromatic heterocycles. The van der Waals surface area contributed by atoms with Gasteiger partial charge < -0.3 is 19.2 Å². The topological polar surface area (TPSA) is 71.4 Å². The van der Waals surface area contributed by atoms with Crippen molar-refractivity contribution in [3.63, 3.8) is 0 Å². The fourth-order valence-corrected chi connectivity index (χ4v) is 2.34. The smallest absolute Gasteiger partial charge is 0.209 e. The number of aryl methyl sites for hydroxylation is 2. The number of carbonyl (C=O) groups is 2. The van der Waals surface area contributed by atoms with E-state index in [0.717, 1.165) is 17.4 Å². The van der Waals surface area contributed by atoms with Gasteiger partial charge in [0.15, 0.2) is 0 Å². The number of hydrogen-bond acceptors (Lipinski definition) is 4. The zero-order chi connectivity index (χ0) is 16.3. The van der Waals surface area contributed by atoms with Gasteiger partial charge >= 0.3 is 0 Å². The van der Waals surface area contributed by atoms with E-state index in [1.165, 1.54) is 17.9 Å². The summed E-state index contributed by atoms with van der Waals surface area (Å²) in [5.74, 6) is -1.69. The molecule has 0 aliphatic heterocycles. The van der Waals surface area contributed by atoms with Crippen molar-refractivity contribution in [1.29, 1.82) is 0 Å². The number of ether oxygens (including phenoxy) is 1. The molecule has 1 aromatic carbocycles. The number of aromatic nitrogens is 1. The molecule has 0 fully saturated rings. The molecular weight excluding hydrogens is 282 g/mol. The Morgan fingerprint density at radius 3 is 2.36 bits per heavy atom. The lowest BCUT2D eigenvalue weighted by Crippen LogP contribution is -2.27. The van der Waals surface area contributed by atoms with Gasteiger partial charge in [-0.3, -0.25) is 4.79 Å². The van der Waals surface area contributed by atoms with E-state index in [9.17, 15) is 14.7 Å². The number of carboxylic acids is 1. The highest BCUT2D eigenvalue weighted by atomic mass is 16.5. The number of carbonyl (C=O) groups excluding carboxylic acids is 2. The molecule has 22 heavy (non-hydrogen) atoms. The average molecular weight is 298 g/mol. The van der Waals surface area contributed by atoms with E-state index < -0.39 is 5.97 Å². The third-order valence-corrected chi connectivity index (χ3v) is 3.16. The van der Waals surface area contributed by atoms with E-state index >= 15 is 0 Å². The Morgan fingerprint density at radius 1 is 1.18 bits per heavy atom. The number of benzene rings is 1. The van der Waals surface area contributed by atoms with Gasteiger partial charge in [-0.05, 0) is 38.1 Å². The van der Waals surface area contributed by atoms with Gasteiger partial charge in [0.25, 0.3) is 0 Å². The quantitative estimate of drug-likeness (QED) is 0.477. The van der Waals surface area contributed by atoms with Crippen LogP contribution in [-0.4, -0.2) is 23.4 Å². The van der Waals surface area contributed by atoms with Gasteiger partial charge in [-0.25, -0.2) is 0 Å². The predicted molar refractivity (Wildman–Crippen MR) is 80.1 cm³/mol. The molecule has 0 amide bonds. The van der Waals surface area contributed by atoms with Crippen LogP contribution in [0.5, 0.6) is 0 Å². The number of carboxylic acid groups (broad SMARTS) is 1. The van der Waals surface area contributed by atoms with Crippen LogP contribution in [0, 0.1) is 13.8 Å². The molecule has 5 heteroatoms. The van der Waals surface area contributed by atoms with Gasteiger partial charge in [-0.2, -0.15) is 0 Å². The number of methoxy groups -OCH3 is 1. The number of nitrogens with zero attached hydrogens (tertiary/aromatic N) is 1. The minimum atomic E-state index is -1.42. The molecule has 0 unspecified atom stereocenters. The van der Waals surface area contributed by atoms with Gasteiger partial charge in [0.2, 0.25) is 5.78 Å². The van der Waals surface area contributed by atoms with E-state index in [-0.39, 0.29) is 17.2 Å². The molecule has 0 aliphatic rings. The lowest BCUT2D eigenvalue weighted by Gasteiger charge is -2.13. The van der Waals surface area contributed by atoms with Crippen molar-refractivity contribution in [1.82, 2.24) is 4.57 Å². The SMILES string of the molecule is CO/C=C(\C(=O)[O-])n1cccc1C(=O)c1cc(C)cc(C)c1. The minimum absolute atomic E-state index is 0.234. The lowest BCUT2D eigenvalue weighted by molar-refractivity contribution is -0.296. The number of ketones is 1. The summed E-state index contributed by atoms with van der Waals surface area (Å²) in [6.45, 7) is 3.81. The maximum Gasteiger partial charge on any atom is 0.209 e. The summed E-state index contributed by atoms with van der Waals surface area (Å²) >= 11 is 0. The summed E-state index contributed by atoms with van der Waals surface area (Å²) in [7, 11) is 1.33. The third kappa shape index (κ3) is 3.09. The highest BCUT2D eigenvalue weighted by molar-refractivity contribution is 6.13. The Hall–Kier alpha value is -2.82. The van der Waals surface area contributed by atoms with Crippen molar-refractivity contribution in [2.45, 2.75) is 13.8 Å². The summed E-state index contributed by atoms with van der Waals surface area (Å²) < 4.78 is 6.00. The zero-order valence-corrected chi connectivity index (χ0v) is 12.6. The molecule has 0 spiro atoms. The first kappa shape index (κ1) is 15.6. The molecule has 5 nitrogen and oxygen atoms in total. The van der Waals surface area contributed by atoms with Crippen molar-refractivity contribution in [3.8, 4) is 0 Å². The van der Waals surface area contributed by atoms with Gasteiger partial charge in [-0.1, -0.05) is 17.2 Å². The molecule has 0 bridgehead atoms. The largest absolute Gasteiger partial charge is 0.543 e. The predicted octanol–water partition coefficient (Wildman–Crippen LogP) is 1.53. The second-order valence-corrected chi connectivity index (χ2v) is 5.00. The van der Waals surface area contributed by atoms with Gasteiger partial charge in [0.05, 0.1) is 18.8 Å². The maximum absolute atomic E-state index is 12.7. The number of aliphatic carboxylic acids is 1. The third-order valence-electron chi connectivity index (χ3n) is 3.16. The second kappa shape index (κ2) is 6.30. The van der Waals surface area contributed by atoms with Crippen molar-refractivity contribution in [3.05, 3.63) is 65.2 Å². The van der Waals surface area contributed by atoms with Crippen molar-refractivity contribution in [2.75, 3.05) is 7.11 Å². The van der Waals surface area contributed by atoms with E-state index in [2.05, 4.69) is 0 Å². The average Bonchev–Trinajstić information content (AvgIpc) is 2.91. The van der Waals surface area contributed by atoms with E-state index in [1.54, 1.807) is 24.3 Å². The summed E-state index contributed by atoms with van der Waals surface area (Å²) in [6.07, 6.45) is 2.52. The minimum Gasteiger partial charge on any atom is -0.543 e. The number of rotatable bonds is 5. The highest BCUT2D eigenvalue weighted by Crippen LogP contribution is 2.17.